The number of amides is 2. The van der Waals surface area contributed by atoms with Crippen molar-refractivity contribution in [2.24, 2.45) is 5.10 Å². The van der Waals surface area contributed by atoms with E-state index >= 15 is 0 Å². The van der Waals surface area contributed by atoms with Crippen LogP contribution in [0.5, 0.6) is 5.75 Å². The van der Waals surface area contributed by atoms with Gasteiger partial charge in [0.15, 0.2) is 0 Å². The SMILES string of the molecule is C/C(=N\NC(=O)c1ccc(C(=O)NCCCN2CCOCC2)s1)c1csc(-c2ccc(C(C)(C)C)cc2)c1O. The van der Waals surface area contributed by atoms with Crippen molar-refractivity contribution in [3.8, 4) is 16.2 Å². The van der Waals surface area contributed by atoms with Crippen LogP contribution in [0.15, 0.2) is 46.9 Å². The number of hydrazone groups is 1. The molecule has 0 aliphatic carbocycles. The van der Waals surface area contributed by atoms with Gasteiger partial charge in [0.25, 0.3) is 11.8 Å². The summed E-state index contributed by atoms with van der Waals surface area (Å²) in [6.07, 6.45) is 0.859. The van der Waals surface area contributed by atoms with E-state index in [1.807, 2.05) is 17.5 Å². The lowest BCUT2D eigenvalue weighted by Gasteiger charge is -2.26. The van der Waals surface area contributed by atoms with Gasteiger partial charge < -0.3 is 15.2 Å². The first-order valence-corrected chi connectivity index (χ1v) is 14.8. The first-order chi connectivity index (χ1) is 18.6. The van der Waals surface area contributed by atoms with Crippen LogP contribution in [0.4, 0.5) is 0 Å². The van der Waals surface area contributed by atoms with Crippen LogP contribution in [0.2, 0.25) is 0 Å². The molecule has 1 saturated heterocycles. The summed E-state index contributed by atoms with van der Waals surface area (Å²) in [4.78, 5) is 29.1. The zero-order valence-corrected chi connectivity index (χ0v) is 24.5. The molecule has 3 heterocycles. The highest BCUT2D eigenvalue weighted by molar-refractivity contribution is 7.16. The van der Waals surface area contributed by atoms with Crippen molar-refractivity contribution in [3.05, 3.63) is 62.7 Å². The number of nitrogens with zero attached hydrogens (tertiary/aromatic N) is 2. The van der Waals surface area contributed by atoms with E-state index < -0.39 is 5.91 Å². The summed E-state index contributed by atoms with van der Waals surface area (Å²) < 4.78 is 5.35. The molecule has 0 atom stereocenters. The van der Waals surface area contributed by atoms with Gasteiger partial charge in [-0.25, -0.2) is 5.43 Å². The molecule has 208 valence electrons. The van der Waals surface area contributed by atoms with Crippen LogP contribution < -0.4 is 10.7 Å². The number of rotatable bonds is 9. The minimum Gasteiger partial charge on any atom is -0.506 e. The normalized spacial score (nSPS) is 14.8. The van der Waals surface area contributed by atoms with Gasteiger partial charge in [0.1, 0.15) is 5.75 Å². The molecule has 10 heteroatoms. The van der Waals surface area contributed by atoms with E-state index in [0.29, 0.717) is 27.6 Å². The van der Waals surface area contributed by atoms with E-state index in [0.717, 1.165) is 61.0 Å². The highest BCUT2D eigenvalue weighted by Gasteiger charge is 2.18. The molecule has 1 fully saturated rings. The molecule has 1 aromatic carbocycles. The van der Waals surface area contributed by atoms with Crippen LogP contribution in [-0.4, -0.2) is 66.9 Å². The maximum Gasteiger partial charge on any atom is 0.281 e. The number of carbonyl (C=O) groups is 2. The largest absolute Gasteiger partial charge is 0.506 e. The van der Waals surface area contributed by atoms with Gasteiger partial charge in [-0.3, -0.25) is 14.5 Å². The standard InChI is InChI=1S/C29H36N4O4S2/c1-19(22-18-38-26(25(22)34)20-6-8-21(9-7-20)29(2,3)4)31-32-28(36)24-11-10-23(39-24)27(35)30-12-5-13-33-14-16-37-17-15-33/h6-11,18,34H,5,12-17H2,1-4H3,(H,30,35)(H,32,36)/b31-19+. The molecule has 0 radical (unpaired) electrons. The molecule has 1 aliphatic heterocycles. The fraction of sp³-hybridized carbons (Fsp3) is 0.414. The minimum absolute atomic E-state index is 0.0545. The van der Waals surface area contributed by atoms with Crippen molar-refractivity contribution in [1.29, 1.82) is 0 Å². The van der Waals surface area contributed by atoms with Crippen LogP contribution in [-0.2, 0) is 10.2 Å². The molecule has 0 saturated carbocycles. The van der Waals surface area contributed by atoms with E-state index in [9.17, 15) is 14.7 Å². The maximum absolute atomic E-state index is 12.7. The highest BCUT2D eigenvalue weighted by atomic mass is 32.1. The summed E-state index contributed by atoms with van der Waals surface area (Å²) in [7, 11) is 0. The lowest BCUT2D eigenvalue weighted by Crippen LogP contribution is -2.38. The zero-order chi connectivity index (χ0) is 28.0. The predicted molar refractivity (Wildman–Crippen MR) is 158 cm³/mol. The Morgan fingerprint density at radius 3 is 2.38 bits per heavy atom. The summed E-state index contributed by atoms with van der Waals surface area (Å²) >= 11 is 2.55. The topological polar surface area (TPSA) is 103 Å². The van der Waals surface area contributed by atoms with Gasteiger partial charge in [0, 0.05) is 25.0 Å². The first kappa shape index (κ1) is 28.9. The number of nitrogens with one attached hydrogen (secondary N) is 2. The monoisotopic (exact) mass is 568 g/mol. The van der Waals surface area contributed by atoms with Crippen molar-refractivity contribution < 1.29 is 19.4 Å². The van der Waals surface area contributed by atoms with Gasteiger partial charge in [0.05, 0.1) is 39.1 Å². The quantitative estimate of drug-likeness (QED) is 0.190. The average molecular weight is 569 g/mol. The third-order valence-electron chi connectivity index (χ3n) is 6.59. The molecule has 3 N–H and O–H groups in total. The molecule has 0 bridgehead atoms. The van der Waals surface area contributed by atoms with Crippen molar-refractivity contribution in [2.45, 2.75) is 39.5 Å². The number of aromatic hydroxyl groups is 1. The Bertz CT molecular complexity index is 1320. The van der Waals surface area contributed by atoms with Crippen LogP contribution in [0.25, 0.3) is 10.4 Å². The lowest BCUT2D eigenvalue weighted by atomic mass is 9.86. The molecule has 8 nitrogen and oxygen atoms in total. The Labute approximate surface area is 237 Å². The Kier molecular flexibility index (Phi) is 9.55. The number of morpholine rings is 1. The number of benzene rings is 1. The van der Waals surface area contributed by atoms with E-state index in [2.05, 4.69) is 53.6 Å². The molecule has 0 spiro atoms. The zero-order valence-electron chi connectivity index (χ0n) is 22.9. The summed E-state index contributed by atoms with van der Waals surface area (Å²) in [6.45, 7) is 13.1. The van der Waals surface area contributed by atoms with Crippen LogP contribution >= 0.6 is 22.7 Å². The fourth-order valence-electron chi connectivity index (χ4n) is 4.18. The molecule has 2 amide bonds. The van der Waals surface area contributed by atoms with Crippen LogP contribution in [0.3, 0.4) is 0 Å². The summed E-state index contributed by atoms with van der Waals surface area (Å²) in [5, 5.41) is 19.8. The summed E-state index contributed by atoms with van der Waals surface area (Å²) in [6, 6.07) is 11.5. The maximum atomic E-state index is 12.7. The number of hydrogen-bond acceptors (Lipinski definition) is 8. The number of carbonyl (C=O) groups excluding carboxylic acids is 2. The average Bonchev–Trinajstić information content (AvgIpc) is 3.57. The summed E-state index contributed by atoms with van der Waals surface area (Å²) in [5.41, 5.74) is 5.81. The Balaban J connectivity index is 1.30. The van der Waals surface area contributed by atoms with Crippen LogP contribution in [0, 0.1) is 0 Å². The van der Waals surface area contributed by atoms with Crippen LogP contribution in [0.1, 0.15) is 64.6 Å². The van der Waals surface area contributed by atoms with E-state index in [-0.39, 0.29) is 17.1 Å². The van der Waals surface area contributed by atoms with Crippen molar-refractivity contribution in [2.75, 3.05) is 39.4 Å². The first-order valence-electron chi connectivity index (χ1n) is 13.1. The summed E-state index contributed by atoms with van der Waals surface area (Å²) in [5.74, 6) is -0.451. The van der Waals surface area contributed by atoms with Gasteiger partial charge in [-0.2, -0.15) is 5.10 Å². The van der Waals surface area contributed by atoms with Crippen molar-refractivity contribution in [3.63, 3.8) is 0 Å². The second kappa shape index (κ2) is 12.9. The molecule has 0 unspecified atom stereocenters. The molecule has 39 heavy (non-hydrogen) atoms. The third-order valence-corrected chi connectivity index (χ3v) is 8.69. The Morgan fingerprint density at radius 2 is 1.72 bits per heavy atom. The second-order valence-corrected chi connectivity index (χ2v) is 12.5. The van der Waals surface area contributed by atoms with E-state index in [1.54, 1.807) is 19.1 Å². The lowest BCUT2D eigenvalue weighted by molar-refractivity contribution is 0.0374. The Morgan fingerprint density at radius 1 is 1.05 bits per heavy atom. The van der Waals surface area contributed by atoms with Crippen molar-refractivity contribution in [1.82, 2.24) is 15.6 Å². The third kappa shape index (κ3) is 7.54. The number of hydrogen-bond donors (Lipinski definition) is 3. The highest BCUT2D eigenvalue weighted by Crippen LogP contribution is 2.39. The fourth-order valence-corrected chi connectivity index (χ4v) is 6.01. The van der Waals surface area contributed by atoms with E-state index in [1.165, 1.54) is 16.9 Å². The van der Waals surface area contributed by atoms with E-state index in [4.69, 9.17) is 4.74 Å². The molecular formula is C29H36N4O4S2. The predicted octanol–water partition coefficient (Wildman–Crippen LogP) is 5.09. The van der Waals surface area contributed by atoms with Gasteiger partial charge in [-0.15, -0.1) is 22.7 Å². The molecule has 1 aliphatic rings. The molecule has 3 aromatic rings. The van der Waals surface area contributed by atoms with Gasteiger partial charge in [-0.05, 0) is 48.6 Å². The van der Waals surface area contributed by atoms with Gasteiger partial charge in [0.2, 0.25) is 0 Å². The van der Waals surface area contributed by atoms with Crippen molar-refractivity contribution >= 4 is 40.2 Å². The van der Waals surface area contributed by atoms with Gasteiger partial charge >= 0.3 is 0 Å². The number of thiophene rings is 2. The number of ether oxygens (including phenoxy) is 1. The minimum atomic E-state index is -0.404. The molecule has 4 rings (SSSR count). The molecular weight excluding hydrogens is 532 g/mol. The van der Waals surface area contributed by atoms with Gasteiger partial charge in [-0.1, -0.05) is 45.0 Å². The molecule has 2 aromatic heterocycles. The smallest absolute Gasteiger partial charge is 0.281 e. The Hall–Kier alpha value is -3.05. The second-order valence-electron chi connectivity index (χ2n) is 10.5.